The van der Waals surface area contributed by atoms with Gasteiger partial charge in [-0.2, -0.15) is 0 Å². The molecule has 3 nitrogen and oxygen atoms in total. The van der Waals surface area contributed by atoms with Crippen molar-refractivity contribution in [1.82, 2.24) is 0 Å². The van der Waals surface area contributed by atoms with Crippen LogP contribution in [0.3, 0.4) is 0 Å². The van der Waals surface area contributed by atoms with E-state index >= 15 is 0 Å². The Morgan fingerprint density at radius 3 is 2.94 bits per heavy atom. The molecule has 1 aromatic rings. The van der Waals surface area contributed by atoms with Crippen molar-refractivity contribution < 1.29 is 14.6 Å². The minimum absolute atomic E-state index is 0.412. The number of allylic oxidation sites excluding steroid dienone is 1. The average Bonchev–Trinajstić information content (AvgIpc) is 2.28. The van der Waals surface area contributed by atoms with Crippen LogP contribution >= 0.6 is 0 Å². The quantitative estimate of drug-likeness (QED) is 0.749. The van der Waals surface area contributed by atoms with Gasteiger partial charge in [0, 0.05) is 0 Å². The molecule has 0 bridgehead atoms. The van der Waals surface area contributed by atoms with Crippen molar-refractivity contribution in [2.75, 3.05) is 7.11 Å². The Labute approximate surface area is 95.4 Å². The highest BCUT2D eigenvalue weighted by Gasteiger charge is 2.16. The SMILES string of the molecule is C=CCC(Cc1cccc(OC)c1)C(=O)O. The van der Waals surface area contributed by atoms with Gasteiger partial charge in [0.15, 0.2) is 0 Å². The van der Waals surface area contributed by atoms with Gasteiger partial charge in [-0.3, -0.25) is 4.79 Å². The number of carbonyl (C=O) groups is 1. The molecule has 16 heavy (non-hydrogen) atoms. The summed E-state index contributed by atoms with van der Waals surface area (Å²) in [6, 6.07) is 7.47. The largest absolute Gasteiger partial charge is 0.497 e. The molecule has 0 radical (unpaired) electrons. The molecule has 1 atom stereocenters. The van der Waals surface area contributed by atoms with E-state index in [1.165, 1.54) is 0 Å². The summed E-state index contributed by atoms with van der Waals surface area (Å²) in [5, 5.41) is 9.01. The molecule has 1 aromatic carbocycles. The highest BCUT2D eigenvalue weighted by Crippen LogP contribution is 2.18. The Hall–Kier alpha value is -1.77. The fourth-order valence-electron chi connectivity index (χ4n) is 1.56. The zero-order chi connectivity index (χ0) is 12.0. The smallest absolute Gasteiger partial charge is 0.307 e. The van der Waals surface area contributed by atoms with Crippen molar-refractivity contribution in [3.05, 3.63) is 42.5 Å². The van der Waals surface area contributed by atoms with E-state index in [-0.39, 0.29) is 0 Å². The zero-order valence-corrected chi connectivity index (χ0v) is 9.35. The van der Waals surface area contributed by atoms with Crippen molar-refractivity contribution in [1.29, 1.82) is 0 Å². The predicted octanol–water partition coefficient (Wildman–Crippen LogP) is 2.51. The van der Waals surface area contributed by atoms with Gasteiger partial charge in [-0.25, -0.2) is 0 Å². The third kappa shape index (κ3) is 3.42. The maximum absolute atomic E-state index is 11.0. The summed E-state index contributed by atoms with van der Waals surface area (Å²) in [7, 11) is 1.59. The van der Waals surface area contributed by atoms with Crippen molar-refractivity contribution in [2.24, 2.45) is 5.92 Å². The lowest BCUT2D eigenvalue weighted by atomic mass is 9.96. The summed E-state index contributed by atoms with van der Waals surface area (Å²) in [6.45, 7) is 3.57. The first kappa shape index (κ1) is 12.3. The zero-order valence-electron chi connectivity index (χ0n) is 9.35. The summed E-state index contributed by atoms with van der Waals surface area (Å²) < 4.78 is 5.09. The maximum Gasteiger partial charge on any atom is 0.307 e. The van der Waals surface area contributed by atoms with Gasteiger partial charge in [0.25, 0.3) is 0 Å². The van der Waals surface area contributed by atoms with Crippen molar-refractivity contribution in [2.45, 2.75) is 12.8 Å². The van der Waals surface area contributed by atoms with Crippen LogP contribution in [0.25, 0.3) is 0 Å². The molecule has 0 aliphatic rings. The van der Waals surface area contributed by atoms with E-state index in [0.717, 1.165) is 11.3 Å². The molecule has 0 fully saturated rings. The van der Waals surface area contributed by atoms with Gasteiger partial charge in [-0.05, 0) is 30.5 Å². The third-order valence-electron chi connectivity index (χ3n) is 2.42. The summed E-state index contributed by atoms with van der Waals surface area (Å²) in [4.78, 5) is 11.0. The second-order valence-corrected chi connectivity index (χ2v) is 3.62. The molecule has 0 amide bonds. The van der Waals surface area contributed by atoms with Gasteiger partial charge in [-0.15, -0.1) is 6.58 Å². The maximum atomic E-state index is 11.0. The first-order chi connectivity index (χ1) is 7.67. The molecule has 0 aromatic heterocycles. The van der Waals surface area contributed by atoms with Crippen LogP contribution in [0, 0.1) is 5.92 Å². The van der Waals surface area contributed by atoms with Gasteiger partial charge < -0.3 is 9.84 Å². The van der Waals surface area contributed by atoms with E-state index in [9.17, 15) is 4.79 Å². The highest BCUT2D eigenvalue weighted by molar-refractivity contribution is 5.70. The molecule has 0 spiro atoms. The standard InChI is InChI=1S/C13H16O3/c1-3-5-11(13(14)15)8-10-6-4-7-12(9-10)16-2/h3-4,6-7,9,11H,1,5,8H2,2H3,(H,14,15). The summed E-state index contributed by atoms with van der Waals surface area (Å²) in [5.74, 6) is -0.451. The lowest BCUT2D eigenvalue weighted by Gasteiger charge is -2.10. The Balaban J connectivity index is 2.76. The highest BCUT2D eigenvalue weighted by atomic mass is 16.5. The second-order valence-electron chi connectivity index (χ2n) is 3.62. The lowest BCUT2D eigenvalue weighted by molar-refractivity contribution is -0.141. The van der Waals surface area contributed by atoms with Crippen LogP contribution in [0.5, 0.6) is 5.75 Å². The predicted molar refractivity (Wildman–Crippen MR) is 62.6 cm³/mol. The fourth-order valence-corrected chi connectivity index (χ4v) is 1.56. The number of carboxylic acid groups (broad SMARTS) is 1. The summed E-state index contributed by atoms with van der Waals surface area (Å²) >= 11 is 0. The van der Waals surface area contributed by atoms with E-state index in [4.69, 9.17) is 9.84 Å². The second kappa shape index (κ2) is 5.95. The van der Waals surface area contributed by atoms with Gasteiger partial charge in [0.05, 0.1) is 13.0 Å². The van der Waals surface area contributed by atoms with Crippen molar-refractivity contribution in [3.8, 4) is 5.75 Å². The number of hydrogen-bond donors (Lipinski definition) is 1. The minimum atomic E-state index is -0.789. The number of hydrogen-bond acceptors (Lipinski definition) is 2. The van der Waals surface area contributed by atoms with Crippen molar-refractivity contribution >= 4 is 5.97 Å². The minimum Gasteiger partial charge on any atom is -0.497 e. The van der Waals surface area contributed by atoms with Crippen LogP contribution in [-0.2, 0) is 11.2 Å². The number of ether oxygens (including phenoxy) is 1. The molecule has 1 N–H and O–H groups in total. The average molecular weight is 220 g/mol. The number of methoxy groups -OCH3 is 1. The number of aliphatic carboxylic acids is 1. The van der Waals surface area contributed by atoms with Gasteiger partial charge in [0.1, 0.15) is 5.75 Å². The fraction of sp³-hybridized carbons (Fsp3) is 0.308. The number of carboxylic acids is 1. The van der Waals surface area contributed by atoms with Gasteiger partial charge in [0.2, 0.25) is 0 Å². The molecule has 86 valence electrons. The van der Waals surface area contributed by atoms with E-state index in [1.54, 1.807) is 13.2 Å². The van der Waals surface area contributed by atoms with E-state index in [2.05, 4.69) is 6.58 Å². The van der Waals surface area contributed by atoms with E-state index in [0.29, 0.717) is 12.8 Å². The molecule has 1 rings (SSSR count). The van der Waals surface area contributed by atoms with Crippen LogP contribution in [0.2, 0.25) is 0 Å². The summed E-state index contributed by atoms with van der Waals surface area (Å²) in [6.07, 6.45) is 2.62. The molecule has 3 heteroatoms. The monoisotopic (exact) mass is 220 g/mol. The molecule has 0 aliphatic heterocycles. The van der Waals surface area contributed by atoms with Gasteiger partial charge in [-0.1, -0.05) is 18.2 Å². The summed E-state index contributed by atoms with van der Waals surface area (Å²) in [5.41, 5.74) is 0.966. The molecule has 0 saturated carbocycles. The normalized spacial score (nSPS) is 11.8. The Bertz CT molecular complexity index is 371. The number of benzene rings is 1. The molecule has 0 saturated heterocycles. The molecule has 0 aliphatic carbocycles. The Kier molecular flexibility index (Phi) is 4.58. The van der Waals surface area contributed by atoms with E-state index in [1.807, 2.05) is 24.3 Å². The van der Waals surface area contributed by atoms with Crippen LogP contribution in [0.4, 0.5) is 0 Å². The van der Waals surface area contributed by atoms with Crippen LogP contribution in [-0.4, -0.2) is 18.2 Å². The first-order valence-corrected chi connectivity index (χ1v) is 5.14. The lowest BCUT2D eigenvalue weighted by Crippen LogP contribution is -2.15. The van der Waals surface area contributed by atoms with Crippen LogP contribution < -0.4 is 4.74 Å². The van der Waals surface area contributed by atoms with Gasteiger partial charge >= 0.3 is 5.97 Å². The van der Waals surface area contributed by atoms with Crippen LogP contribution in [0.1, 0.15) is 12.0 Å². The first-order valence-electron chi connectivity index (χ1n) is 5.14. The van der Waals surface area contributed by atoms with Crippen molar-refractivity contribution in [3.63, 3.8) is 0 Å². The Morgan fingerprint density at radius 1 is 1.62 bits per heavy atom. The molecule has 1 unspecified atom stereocenters. The number of rotatable bonds is 6. The Morgan fingerprint density at radius 2 is 2.38 bits per heavy atom. The van der Waals surface area contributed by atoms with E-state index < -0.39 is 11.9 Å². The third-order valence-corrected chi connectivity index (χ3v) is 2.42. The molecular formula is C13H16O3. The molecular weight excluding hydrogens is 204 g/mol. The van der Waals surface area contributed by atoms with Crippen LogP contribution in [0.15, 0.2) is 36.9 Å². The molecule has 0 heterocycles. The topological polar surface area (TPSA) is 46.5 Å².